The Hall–Kier alpha value is -4.14. The third-order valence-corrected chi connectivity index (χ3v) is 6.09. The van der Waals surface area contributed by atoms with Gasteiger partial charge < -0.3 is 24.9 Å². The van der Waals surface area contributed by atoms with Crippen molar-refractivity contribution in [3.8, 4) is 11.1 Å². The molecular weight excluding hydrogens is 438 g/mol. The normalized spacial score (nSPS) is 13.9. The number of carboxylic acid groups (broad SMARTS) is 1. The van der Waals surface area contributed by atoms with Crippen LogP contribution in [0.3, 0.4) is 0 Å². The number of aliphatic carboxylic acids is 1. The lowest BCUT2D eigenvalue weighted by molar-refractivity contribution is -0.141. The molecule has 2 amide bonds. The molecule has 0 aliphatic heterocycles. The summed E-state index contributed by atoms with van der Waals surface area (Å²) in [4.78, 5) is 39.8. The Bertz CT molecular complexity index is 1180. The van der Waals surface area contributed by atoms with Gasteiger partial charge in [-0.25, -0.2) is 9.78 Å². The van der Waals surface area contributed by atoms with E-state index in [0.717, 1.165) is 28.6 Å². The number of carbonyl (C=O) groups excluding carboxylic acids is 2. The summed E-state index contributed by atoms with van der Waals surface area (Å²) in [6.45, 7) is 3.14. The molecule has 0 saturated carbocycles. The highest BCUT2D eigenvalue weighted by Crippen LogP contribution is 2.44. The maximum Gasteiger partial charge on any atom is 0.407 e. The van der Waals surface area contributed by atoms with Gasteiger partial charge in [-0.3, -0.25) is 9.59 Å². The van der Waals surface area contributed by atoms with Crippen LogP contribution in [0.15, 0.2) is 59.3 Å². The Morgan fingerprint density at radius 3 is 2.29 bits per heavy atom. The van der Waals surface area contributed by atoms with E-state index in [1.807, 2.05) is 36.4 Å². The van der Waals surface area contributed by atoms with Crippen molar-refractivity contribution in [2.45, 2.75) is 32.4 Å². The summed E-state index contributed by atoms with van der Waals surface area (Å²) in [5.74, 6) is -2.31. The van der Waals surface area contributed by atoms with Crippen molar-refractivity contribution < 1.29 is 28.6 Å². The van der Waals surface area contributed by atoms with Gasteiger partial charge in [0.15, 0.2) is 17.8 Å². The third kappa shape index (κ3) is 4.63. The minimum atomic E-state index is -1.02. The smallest absolute Gasteiger partial charge is 0.407 e. The predicted molar refractivity (Wildman–Crippen MR) is 122 cm³/mol. The number of carbonyl (C=O) groups is 3. The number of hydrogen-bond acceptors (Lipinski definition) is 6. The van der Waals surface area contributed by atoms with Gasteiger partial charge in [-0.15, -0.1) is 0 Å². The van der Waals surface area contributed by atoms with Gasteiger partial charge in [-0.2, -0.15) is 0 Å². The number of hydrogen-bond donors (Lipinski definition) is 3. The molecule has 176 valence electrons. The number of oxazole rings is 1. The Morgan fingerprint density at radius 1 is 1.06 bits per heavy atom. The van der Waals surface area contributed by atoms with Crippen molar-refractivity contribution >= 4 is 18.0 Å². The maximum atomic E-state index is 12.5. The molecule has 2 unspecified atom stereocenters. The number of nitrogens with zero attached hydrogens (tertiary/aromatic N) is 1. The molecule has 2 aromatic carbocycles. The number of benzene rings is 2. The molecule has 1 heterocycles. The van der Waals surface area contributed by atoms with Crippen LogP contribution < -0.4 is 10.6 Å². The standard InChI is InChI=1S/C25H25N3O6/c1-14(24(30)31)15(2)28-23(29)22-21(34-13-27-22)11-26-25(32)33-12-20-18-9-5-3-7-16(18)17-8-4-6-10-19(17)20/h3-10,13-15,20H,11-12H2,1-2H3,(H,26,32)(H,28,29)(H,30,31). The first-order valence-corrected chi connectivity index (χ1v) is 10.9. The summed E-state index contributed by atoms with van der Waals surface area (Å²) in [7, 11) is 0. The fourth-order valence-electron chi connectivity index (χ4n) is 4.00. The highest BCUT2D eigenvalue weighted by molar-refractivity contribution is 5.93. The summed E-state index contributed by atoms with van der Waals surface area (Å²) in [5, 5.41) is 14.3. The van der Waals surface area contributed by atoms with E-state index < -0.39 is 29.9 Å². The zero-order valence-corrected chi connectivity index (χ0v) is 18.8. The summed E-state index contributed by atoms with van der Waals surface area (Å²) >= 11 is 0. The van der Waals surface area contributed by atoms with E-state index >= 15 is 0 Å². The van der Waals surface area contributed by atoms with Crippen LogP contribution in [0.4, 0.5) is 4.79 Å². The molecule has 0 radical (unpaired) electrons. The zero-order valence-electron chi connectivity index (χ0n) is 18.8. The summed E-state index contributed by atoms with van der Waals surface area (Å²) in [6, 6.07) is 15.5. The molecule has 3 N–H and O–H groups in total. The van der Waals surface area contributed by atoms with Crippen molar-refractivity contribution in [3.05, 3.63) is 77.5 Å². The second-order valence-electron chi connectivity index (χ2n) is 8.19. The largest absolute Gasteiger partial charge is 0.481 e. The van der Waals surface area contributed by atoms with Crippen molar-refractivity contribution in [2.75, 3.05) is 6.61 Å². The number of rotatable bonds is 8. The fraction of sp³-hybridized carbons (Fsp3) is 0.280. The summed E-state index contributed by atoms with van der Waals surface area (Å²) in [6.07, 6.45) is 0.437. The topological polar surface area (TPSA) is 131 Å². The van der Waals surface area contributed by atoms with Gasteiger partial charge in [-0.1, -0.05) is 48.5 Å². The molecule has 2 atom stereocenters. The Morgan fingerprint density at radius 2 is 1.68 bits per heavy atom. The monoisotopic (exact) mass is 463 g/mol. The van der Waals surface area contributed by atoms with E-state index in [-0.39, 0.29) is 30.5 Å². The molecule has 1 aliphatic rings. The van der Waals surface area contributed by atoms with Gasteiger partial charge in [-0.05, 0) is 36.1 Å². The van der Waals surface area contributed by atoms with Crippen molar-refractivity contribution in [1.29, 1.82) is 0 Å². The Balaban J connectivity index is 1.34. The molecule has 0 saturated heterocycles. The maximum absolute atomic E-state index is 12.5. The summed E-state index contributed by atoms with van der Waals surface area (Å²) < 4.78 is 10.7. The Kier molecular flexibility index (Phi) is 6.62. The summed E-state index contributed by atoms with van der Waals surface area (Å²) in [5.41, 5.74) is 4.46. The van der Waals surface area contributed by atoms with Crippen LogP contribution in [0.1, 0.15) is 47.1 Å². The quantitative estimate of drug-likeness (QED) is 0.466. The van der Waals surface area contributed by atoms with E-state index in [9.17, 15) is 14.4 Å². The Labute approximate surface area is 196 Å². The van der Waals surface area contributed by atoms with E-state index in [1.54, 1.807) is 6.92 Å². The molecule has 9 heteroatoms. The third-order valence-electron chi connectivity index (χ3n) is 6.09. The van der Waals surface area contributed by atoms with Crippen molar-refractivity contribution in [1.82, 2.24) is 15.6 Å². The molecule has 0 fully saturated rings. The fourth-order valence-corrected chi connectivity index (χ4v) is 4.00. The van der Waals surface area contributed by atoms with Crippen LogP contribution in [-0.2, 0) is 16.1 Å². The van der Waals surface area contributed by atoms with Gasteiger partial charge in [0.05, 0.1) is 12.5 Å². The lowest BCUT2D eigenvalue weighted by Crippen LogP contribution is -2.40. The number of aromatic nitrogens is 1. The first kappa shape index (κ1) is 23.0. The van der Waals surface area contributed by atoms with E-state index in [4.69, 9.17) is 14.3 Å². The highest BCUT2D eigenvalue weighted by Gasteiger charge is 2.29. The van der Waals surface area contributed by atoms with Gasteiger partial charge in [0, 0.05) is 12.0 Å². The second-order valence-corrected chi connectivity index (χ2v) is 8.19. The average molecular weight is 463 g/mol. The van der Waals surface area contributed by atoms with Crippen LogP contribution in [-0.4, -0.2) is 40.7 Å². The molecule has 0 spiro atoms. The van der Waals surface area contributed by atoms with E-state index in [1.165, 1.54) is 6.92 Å². The number of carboxylic acids is 1. The average Bonchev–Trinajstić information content (AvgIpc) is 3.43. The van der Waals surface area contributed by atoms with Crippen molar-refractivity contribution in [2.24, 2.45) is 5.92 Å². The van der Waals surface area contributed by atoms with Gasteiger partial charge in [0.1, 0.15) is 6.61 Å². The molecule has 3 aromatic rings. The number of ether oxygens (including phenoxy) is 1. The zero-order chi connectivity index (χ0) is 24.2. The van der Waals surface area contributed by atoms with Crippen LogP contribution in [0.25, 0.3) is 11.1 Å². The predicted octanol–water partition coefficient (Wildman–Crippen LogP) is 3.55. The van der Waals surface area contributed by atoms with Crippen LogP contribution in [0, 0.1) is 5.92 Å². The van der Waals surface area contributed by atoms with Crippen LogP contribution in [0.2, 0.25) is 0 Å². The number of nitrogens with one attached hydrogen (secondary N) is 2. The minimum absolute atomic E-state index is 0.0246. The van der Waals surface area contributed by atoms with Crippen molar-refractivity contribution in [3.63, 3.8) is 0 Å². The van der Waals surface area contributed by atoms with E-state index in [0.29, 0.717) is 0 Å². The number of amides is 2. The molecule has 34 heavy (non-hydrogen) atoms. The second kappa shape index (κ2) is 9.78. The number of alkyl carbamates (subject to hydrolysis) is 1. The van der Waals surface area contributed by atoms with Gasteiger partial charge >= 0.3 is 12.1 Å². The molecule has 0 bridgehead atoms. The van der Waals surface area contributed by atoms with Gasteiger partial charge in [0.2, 0.25) is 0 Å². The molecule has 4 rings (SSSR count). The SMILES string of the molecule is CC(NC(=O)c1ncoc1CNC(=O)OCC1c2ccccc2-c2ccccc21)C(C)C(=O)O. The van der Waals surface area contributed by atoms with Crippen LogP contribution in [0.5, 0.6) is 0 Å². The van der Waals surface area contributed by atoms with Gasteiger partial charge in [0.25, 0.3) is 5.91 Å². The van der Waals surface area contributed by atoms with Crippen LogP contribution >= 0.6 is 0 Å². The lowest BCUT2D eigenvalue weighted by atomic mass is 9.98. The molecular formula is C25H25N3O6. The first-order chi connectivity index (χ1) is 16.4. The molecule has 1 aromatic heterocycles. The highest BCUT2D eigenvalue weighted by atomic mass is 16.5. The molecule has 1 aliphatic carbocycles. The van der Waals surface area contributed by atoms with E-state index in [2.05, 4.69) is 27.8 Å². The minimum Gasteiger partial charge on any atom is -0.481 e. The first-order valence-electron chi connectivity index (χ1n) is 10.9. The molecule has 9 nitrogen and oxygen atoms in total. The number of fused-ring (bicyclic) bond motifs is 3. The lowest BCUT2D eigenvalue weighted by Gasteiger charge is -2.17.